The van der Waals surface area contributed by atoms with Crippen molar-refractivity contribution in [2.45, 2.75) is 44.2 Å². The Kier molecular flexibility index (Phi) is 13.9. The molecule has 2 aliphatic rings. The Balaban J connectivity index is 0.00000314. The van der Waals surface area contributed by atoms with Crippen LogP contribution in [0.1, 0.15) is 35.2 Å². The van der Waals surface area contributed by atoms with Crippen molar-refractivity contribution in [3.63, 3.8) is 0 Å². The summed E-state index contributed by atoms with van der Waals surface area (Å²) in [6.45, 7) is 4.86. The number of amidine groups is 1. The summed E-state index contributed by atoms with van der Waals surface area (Å²) in [7, 11) is -4.21. The molecular formula is C36H40Cl4N6O6S. The van der Waals surface area contributed by atoms with Crippen molar-refractivity contribution in [1.82, 2.24) is 19.1 Å². The second-order valence-corrected chi connectivity index (χ2v) is 15.2. The number of pyridine rings is 1. The van der Waals surface area contributed by atoms with E-state index in [1.54, 1.807) is 40.1 Å². The second kappa shape index (κ2) is 17.5. The molecule has 1 aromatic heterocycles. The molecule has 2 saturated heterocycles. The Labute approximate surface area is 330 Å². The molecule has 17 heteroatoms. The summed E-state index contributed by atoms with van der Waals surface area (Å²) < 4.78 is 41.2. The number of nitrogens with two attached hydrogens (primary N) is 1. The minimum atomic E-state index is -4.21. The summed E-state index contributed by atoms with van der Waals surface area (Å²) in [6, 6.07) is 16.1. The molecule has 0 bridgehead atoms. The molecule has 6 rings (SSSR count). The van der Waals surface area contributed by atoms with Crippen LogP contribution >= 0.6 is 48.0 Å². The molecule has 2 aliphatic heterocycles. The molecule has 1 atom stereocenters. The van der Waals surface area contributed by atoms with Gasteiger partial charge in [-0.1, -0.05) is 35.3 Å². The molecule has 0 radical (unpaired) electrons. The molecule has 0 unspecified atom stereocenters. The van der Waals surface area contributed by atoms with Gasteiger partial charge in [-0.25, -0.2) is 13.4 Å². The van der Waals surface area contributed by atoms with Gasteiger partial charge in [0.15, 0.2) is 6.61 Å². The van der Waals surface area contributed by atoms with E-state index in [0.717, 1.165) is 16.6 Å². The van der Waals surface area contributed by atoms with Crippen LogP contribution in [0.15, 0.2) is 65.6 Å². The molecule has 53 heavy (non-hydrogen) atoms. The van der Waals surface area contributed by atoms with Crippen molar-refractivity contribution >= 4 is 86.6 Å². The van der Waals surface area contributed by atoms with Crippen LogP contribution in [0, 0.1) is 19.3 Å². The van der Waals surface area contributed by atoms with Gasteiger partial charge in [0.25, 0.3) is 5.91 Å². The fraction of sp³-hybridized carbons (Fsp3) is 0.333. The highest BCUT2D eigenvalue weighted by molar-refractivity contribution is 7.89. The molecule has 3 heterocycles. The molecule has 4 aromatic rings. The van der Waals surface area contributed by atoms with Crippen LogP contribution in [-0.2, 0) is 26.2 Å². The normalized spacial score (nSPS) is 16.1. The number of carbonyl (C=O) groups is 2. The van der Waals surface area contributed by atoms with Gasteiger partial charge in [-0.15, -0.1) is 24.8 Å². The average Bonchev–Trinajstić information content (AvgIpc) is 3.62. The van der Waals surface area contributed by atoms with Crippen LogP contribution in [0.25, 0.3) is 10.9 Å². The number of halogens is 4. The van der Waals surface area contributed by atoms with Gasteiger partial charge in [0.05, 0.1) is 5.02 Å². The number of benzene rings is 3. The third kappa shape index (κ3) is 8.93. The van der Waals surface area contributed by atoms with Gasteiger partial charge in [-0.3, -0.25) is 15.0 Å². The summed E-state index contributed by atoms with van der Waals surface area (Å²) in [6.07, 6.45) is 0.870. The number of nitrogen functional groups attached to an aromatic ring is 1. The first-order valence-corrected chi connectivity index (χ1v) is 18.7. The van der Waals surface area contributed by atoms with Gasteiger partial charge in [0.2, 0.25) is 15.9 Å². The highest BCUT2D eigenvalue weighted by Gasteiger charge is 2.43. The molecule has 2 fully saturated rings. The number of amides is 2. The van der Waals surface area contributed by atoms with E-state index in [4.69, 9.17) is 43.8 Å². The number of aromatic nitrogens is 1. The molecule has 0 saturated carbocycles. The number of nitrogens with zero attached hydrogens (tertiary/aromatic N) is 4. The Bertz CT molecular complexity index is 2110. The number of sulfonamides is 1. The van der Waals surface area contributed by atoms with Crippen LogP contribution in [-0.4, -0.2) is 90.5 Å². The van der Waals surface area contributed by atoms with Crippen LogP contribution < -0.4 is 15.2 Å². The van der Waals surface area contributed by atoms with Crippen molar-refractivity contribution in [2.24, 2.45) is 5.73 Å². The Morgan fingerprint density at radius 1 is 0.943 bits per heavy atom. The van der Waals surface area contributed by atoms with Gasteiger partial charge >= 0.3 is 0 Å². The van der Waals surface area contributed by atoms with E-state index in [9.17, 15) is 18.0 Å². The number of rotatable bonds is 10. The summed E-state index contributed by atoms with van der Waals surface area (Å²) in [5, 5.41) is 8.60. The van der Waals surface area contributed by atoms with E-state index < -0.39 is 16.1 Å². The van der Waals surface area contributed by atoms with Crippen LogP contribution in [0.4, 0.5) is 0 Å². The lowest BCUT2D eigenvalue weighted by Gasteiger charge is -2.37. The highest BCUT2D eigenvalue weighted by Crippen LogP contribution is 2.37. The Morgan fingerprint density at radius 3 is 2.30 bits per heavy atom. The van der Waals surface area contributed by atoms with Gasteiger partial charge in [0.1, 0.15) is 40.4 Å². The van der Waals surface area contributed by atoms with Crippen molar-refractivity contribution in [3.05, 3.63) is 93.1 Å². The standard InChI is InChI=1S/C36H38Cl2N6O6S.2ClH/c1-22-19-23(2)41-34-26(22)5-3-7-30(34)50-20-27-28(37)12-13-31(33(27)38)51(47,48)44-14-4-6-29(44)36(46)43-17-15-42(16-18-43)32(45)21-49-25-10-8-24(9-11-25)35(39)40;;/h3,5,7-13,19,29H,4,6,14-18,20-21H2,1-2H3,(H3,39,40);2*1H/t29-;;/m0../s1. The third-order valence-electron chi connectivity index (χ3n) is 9.21. The number of hydrogen-bond acceptors (Lipinski definition) is 8. The maximum absolute atomic E-state index is 14.1. The first-order valence-electron chi connectivity index (χ1n) is 16.5. The fourth-order valence-electron chi connectivity index (χ4n) is 6.48. The zero-order valence-electron chi connectivity index (χ0n) is 29.0. The number of fused-ring (bicyclic) bond motifs is 1. The SMILES string of the molecule is Cc1cc(C)c2cccc(OCc3c(Cl)ccc(S(=O)(=O)N4CCC[C@H]4C(=O)N4CCN(C(=O)COc5ccc(C(=N)N)cc5)CC4)c3Cl)c2n1.Cl.Cl. The summed E-state index contributed by atoms with van der Waals surface area (Å²) in [4.78, 5) is 34.3. The van der Waals surface area contributed by atoms with Gasteiger partial charge in [-0.05, 0) is 80.8 Å². The maximum atomic E-state index is 14.1. The van der Waals surface area contributed by atoms with Gasteiger partial charge in [0, 0.05) is 60.0 Å². The summed E-state index contributed by atoms with van der Waals surface area (Å²) in [5.74, 6) is 0.375. The Morgan fingerprint density at radius 2 is 1.62 bits per heavy atom. The third-order valence-corrected chi connectivity index (χ3v) is 12.1. The minimum Gasteiger partial charge on any atom is -0.487 e. The summed E-state index contributed by atoms with van der Waals surface area (Å²) in [5.41, 5.74) is 8.91. The molecule has 284 valence electrons. The van der Waals surface area contributed by atoms with E-state index in [2.05, 4.69) is 4.98 Å². The van der Waals surface area contributed by atoms with Crippen molar-refractivity contribution in [3.8, 4) is 11.5 Å². The zero-order chi connectivity index (χ0) is 36.4. The topological polar surface area (TPSA) is 159 Å². The monoisotopic (exact) mass is 824 g/mol. The van der Waals surface area contributed by atoms with E-state index in [1.165, 1.54) is 16.4 Å². The van der Waals surface area contributed by atoms with Gasteiger partial charge < -0.3 is 25.0 Å². The van der Waals surface area contributed by atoms with Crippen LogP contribution in [0.3, 0.4) is 0 Å². The lowest BCUT2D eigenvalue weighted by Crippen LogP contribution is -2.55. The number of nitrogens with one attached hydrogen (secondary N) is 1. The summed E-state index contributed by atoms with van der Waals surface area (Å²) >= 11 is 13.3. The molecule has 0 aliphatic carbocycles. The van der Waals surface area contributed by atoms with Crippen LogP contribution in [0.5, 0.6) is 11.5 Å². The predicted octanol–water partition coefficient (Wildman–Crippen LogP) is 5.77. The van der Waals surface area contributed by atoms with Gasteiger partial charge in [-0.2, -0.15) is 4.31 Å². The van der Waals surface area contributed by atoms with E-state index in [1.807, 2.05) is 32.0 Å². The molecular weight excluding hydrogens is 786 g/mol. The second-order valence-electron chi connectivity index (χ2n) is 12.6. The average molecular weight is 827 g/mol. The minimum absolute atomic E-state index is 0. The van der Waals surface area contributed by atoms with Crippen molar-refractivity contribution in [1.29, 1.82) is 5.41 Å². The first-order chi connectivity index (χ1) is 24.3. The Hall–Kier alpha value is -3.85. The number of ether oxygens (including phenoxy) is 2. The smallest absolute Gasteiger partial charge is 0.260 e. The van der Waals surface area contributed by atoms with E-state index >= 15 is 0 Å². The largest absolute Gasteiger partial charge is 0.487 e. The van der Waals surface area contributed by atoms with Crippen molar-refractivity contribution < 1.29 is 27.5 Å². The molecule has 12 nitrogen and oxygen atoms in total. The maximum Gasteiger partial charge on any atom is 0.260 e. The predicted molar refractivity (Wildman–Crippen MR) is 210 cm³/mol. The number of aryl methyl sites for hydroxylation is 2. The van der Waals surface area contributed by atoms with E-state index in [0.29, 0.717) is 41.0 Å². The first kappa shape index (κ1) is 41.9. The van der Waals surface area contributed by atoms with E-state index in [-0.39, 0.29) is 103 Å². The zero-order valence-corrected chi connectivity index (χ0v) is 33.0. The molecule has 3 aromatic carbocycles. The lowest BCUT2D eigenvalue weighted by atomic mass is 10.1. The number of hydrogen-bond donors (Lipinski definition) is 2. The molecule has 2 amide bonds. The molecule has 0 spiro atoms. The number of para-hydroxylation sites is 1. The number of piperazine rings is 1. The fourth-order valence-corrected chi connectivity index (χ4v) is 9.00. The van der Waals surface area contributed by atoms with Crippen LogP contribution in [0.2, 0.25) is 10.0 Å². The molecule has 3 N–H and O–H groups in total. The quantitative estimate of drug-likeness (QED) is 0.151. The van der Waals surface area contributed by atoms with Crippen molar-refractivity contribution in [2.75, 3.05) is 39.3 Å². The highest BCUT2D eigenvalue weighted by atomic mass is 35.5. The number of carbonyl (C=O) groups excluding carboxylic acids is 2. The lowest BCUT2D eigenvalue weighted by molar-refractivity contribution is -0.142.